The Balaban J connectivity index is 1.79. The van der Waals surface area contributed by atoms with Gasteiger partial charge in [0.25, 0.3) is 0 Å². The lowest BCUT2D eigenvalue weighted by atomic mass is 9.82. The first-order chi connectivity index (χ1) is 8.36. The lowest BCUT2D eigenvalue weighted by Gasteiger charge is -2.40. The van der Waals surface area contributed by atoms with Gasteiger partial charge in [-0.3, -0.25) is 5.32 Å². The first-order valence-corrected chi connectivity index (χ1v) is 5.91. The zero-order valence-electron chi connectivity index (χ0n) is 9.64. The van der Waals surface area contributed by atoms with Crippen molar-refractivity contribution in [2.75, 3.05) is 0 Å². The van der Waals surface area contributed by atoms with Crippen molar-refractivity contribution in [1.29, 1.82) is 0 Å². The molecule has 0 saturated carbocycles. The first-order valence-electron chi connectivity index (χ1n) is 5.91. The molecule has 1 saturated heterocycles. The molecular formula is C16H15N. The molecule has 1 heterocycles. The van der Waals surface area contributed by atoms with Crippen molar-refractivity contribution >= 4 is 0 Å². The number of hydrogen-bond donors (Lipinski definition) is 1. The number of hydrogen-bond acceptors (Lipinski definition) is 1. The molecule has 1 nitrogen and oxygen atoms in total. The molecule has 2 unspecified atom stereocenters. The largest absolute Gasteiger partial charge is 0.296 e. The molecule has 0 amide bonds. The fraction of sp³-hybridized carbons (Fsp3) is 0.125. The van der Waals surface area contributed by atoms with Gasteiger partial charge in [-0.15, -0.1) is 0 Å². The van der Waals surface area contributed by atoms with E-state index in [1.165, 1.54) is 16.7 Å². The Morgan fingerprint density at radius 2 is 1.12 bits per heavy atom. The standard InChI is InChI=1S/C16H15N/c1-12-15(13-8-4-2-5-9-13)17-16(12)14-10-6-3-7-11-14/h2-11,15-17H,1H2. The van der Waals surface area contributed by atoms with E-state index in [2.05, 4.69) is 60.4 Å². The molecule has 84 valence electrons. The molecule has 1 N–H and O–H groups in total. The summed E-state index contributed by atoms with van der Waals surface area (Å²) in [6.07, 6.45) is 0. The second-order valence-corrected chi connectivity index (χ2v) is 4.43. The average molecular weight is 221 g/mol. The highest BCUT2D eigenvalue weighted by Gasteiger charge is 2.34. The lowest BCUT2D eigenvalue weighted by molar-refractivity contribution is 0.398. The number of benzene rings is 2. The highest BCUT2D eigenvalue weighted by molar-refractivity contribution is 5.41. The van der Waals surface area contributed by atoms with Crippen molar-refractivity contribution in [2.24, 2.45) is 0 Å². The predicted octanol–water partition coefficient (Wildman–Crippen LogP) is 3.63. The van der Waals surface area contributed by atoms with E-state index in [0.717, 1.165) is 0 Å². The van der Waals surface area contributed by atoms with E-state index in [1.54, 1.807) is 0 Å². The normalized spacial score (nSPS) is 23.2. The maximum Gasteiger partial charge on any atom is 0.0559 e. The summed E-state index contributed by atoms with van der Waals surface area (Å²) in [5.74, 6) is 0. The molecule has 3 rings (SSSR count). The van der Waals surface area contributed by atoms with Gasteiger partial charge in [-0.25, -0.2) is 0 Å². The van der Waals surface area contributed by atoms with Crippen LogP contribution >= 0.6 is 0 Å². The van der Waals surface area contributed by atoms with E-state index in [1.807, 2.05) is 12.1 Å². The van der Waals surface area contributed by atoms with Crippen molar-refractivity contribution in [1.82, 2.24) is 5.32 Å². The van der Waals surface area contributed by atoms with Crippen LogP contribution in [0.1, 0.15) is 23.2 Å². The maximum atomic E-state index is 4.21. The van der Waals surface area contributed by atoms with Crippen LogP contribution in [0.5, 0.6) is 0 Å². The average Bonchev–Trinajstić information content (AvgIpc) is 2.40. The van der Waals surface area contributed by atoms with Gasteiger partial charge in [0.1, 0.15) is 0 Å². The molecular weight excluding hydrogens is 206 g/mol. The van der Waals surface area contributed by atoms with E-state index in [9.17, 15) is 0 Å². The SMILES string of the molecule is C=C1C(c2ccccc2)NC1c1ccccc1. The van der Waals surface area contributed by atoms with Gasteiger partial charge in [0.05, 0.1) is 12.1 Å². The van der Waals surface area contributed by atoms with Gasteiger partial charge in [-0.2, -0.15) is 0 Å². The molecule has 1 heteroatoms. The summed E-state index contributed by atoms with van der Waals surface area (Å²) in [7, 11) is 0. The first kappa shape index (κ1) is 10.3. The Labute approximate surface area is 102 Å². The van der Waals surface area contributed by atoms with Gasteiger partial charge >= 0.3 is 0 Å². The van der Waals surface area contributed by atoms with E-state index in [0.29, 0.717) is 12.1 Å². The molecule has 1 aliphatic heterocycles. The van der Waals surface area contributed by atoms with E-state index < -0.39 is 0 Å². The van der Waals surface area contributed by atoms with Gasteiger partial charge < -0.3 is 0 Å². The third-order valence-electron chi connectivity index (χ3n) is 3.34. The minimum atomic E-state index is 0.307. The summed E-state index contributed by atoms with van der Waals surface area (Å²) in [4.78, 5) is 0. The second kappa shape index (κ2) is 4.19. The minimum Gasteiger partial charge on any atom is -0.296 e. The molecule has 2 aromatic carbocycles. The molecule has 0 spiro atoms. The zero-order valence-corrected chi connectivity index (χ0v) is 9.64. The van der Waals surface area contributed by atoms with Crippen molar-refractivity contribution in [3.05, 3.63) is 83.9 Å². The summed E-state index contributed by atoms with van der Waals surface area (Å²) in [6, 6.07) is 21.5. The van der Waals surface area contributed by atoms with Crippen molar-refractivity contribution in [2.45, 2.75) is 12.1 Å². The number of rotatable bonds is 2. The van der Waals surface area contributed by atoms with E-state index in [4.69, 9.17) is 0 Å². The summed E-state index contributed by atoms with van der Waals surface area (Å²) in [5.41, 5.74) is 3.84. The third kappa shape index (κ3) is 1.79. The van der Waals surface area contributed by atoms with Gasteiger partial charge in [0.15, 0.2) is 0 Å². The monoisotopic (exact) mass is 221 g/mol. The van der Waals surface area contributed by atoms with Crippen LogP contribution in [0.2, 0.25) is 0 Å². The maximum absolute atomic E-state index is 4.21. The van der Waals surface area contributed by atoms with Gasteiger partial charge in [-0.05, 0) is 16.7 Å². The number of nitrogens with one attached hydrogen (secondary N) is 1. The summed E-state index contributed by atoms with van der Waals surface area (Å²) in [5, 5.41) is 3.56. The molecule has 1 fully saturated rings. The quantitative estimate of drug-likeness (QED) is 0.764. The van der Waals surface area contributed by atoms with Gasteiger partial charge in [0, 0.05) is 0 Å². The predicted molar refractivity (Wildman–Crippen MR) is 70.6 cm³/mol. The topological polar surface area (TPSA) is 12.0 Å². The lowest BCUT2D eigenvalue weighted by Crippen LogP contribution is -2.41. The second-order valence-electron chi connectivity index (χ2n) is 4.43. The van der Waals surface area contributed by atoms with Crippen molar-refractivity contribution < 1.29 is 0 Å². The Hall–Kier alpha value is -1.86. The van der Waals surface area contributed by atoms with Crippen LogP contribution in [0.15, 0.2) is 72.8 Å². The Morgan fingerprint density at radius 3 is 1.47 bits per heavy atom. The minimum absolute atomic E-state index is 0.307. The van der Waals surface area contributed by atoms with E-state index in [-0.39, 0.29) is 0 Å². The van der Waals surface area contributed by atoms with Crippen LogP contribution < -0.4 is 5.32 Å². The third-order valence-corrected chi connectivity index (χ3v) is 3.34. The van der Waals surface area contributed by atoms with Crippen LogP contribution in [0.3, 0.4) is 0 Å². The fourth-order valence-corrected chi connectivity index (χ4v) is 2.36. The molecule has 1 aliphatic rings. The molecule has 2 aromatic rings. The van der Waals surface area contributed by atoms with Crippen molar-refractivity contribution in [3.63, 3.8) is 0 Å². The molecule has 0 radical (unpaired) electrons. The van der Waals surface area contributed by atoms with Crippen LogP contribution in [-0.2, 0) is 0 Å². The summed E-state index contributed by atoms with van der Waals surface area (Å²) >= 11 is 0. The smallest absolute Gasteiger partial charge is 0.0559 e. The summed E-state index contributed by atoms with van der Waals surface area (Å²) in [6.45, 7) is 4.21. The molecule has 17 heavy (non-hydrogen) atoms. The van der Waals surface area contributed by atoms with Crippen LogP contribution in [0.4, 0.5) is 0 Å². The Kier molecular flexibility index (Phi) is 2.54. The Bertz CT molecular complexity index is 468. The fourth-order valence-electron chi connectivity index (χ4n) is 2.36. The molecule has 0 aromatic heterocycles. The highest BCUT2D eigenvalue weighted by atomic mass is 15.0. The molecule has 0 bridgehead atoms. The summed E-state index contributed by atoms with van der Waals surface area (Å²) < 4.78 is 0. The van der Waals surface area contributed by atoms with Gasteiger partial charge in [0.2, 0.25) is 0 Å². The van der Waals surface area contributed by atoms with Crippen LogP contribution in [0.25, 0.3) is 0 Å². The zero-order chi connectivity index (χ0) is 11.7. The van der Waals surface area contributed by atoms with Crippen LogP contribution in [-0.4, -0.2) is 0 Å². The molecule has 2 atom stereocenters. The van der Waals surface area contributed by atoms with Crippen molar-refractivity contribution in [3.8, 4) is 0 Å². The molecule has 0 aliphatic carbocycles. The van der Waals surface area contributed by atoms with Gasteiger partial charge in [-0.1, -0.05) is 67.2 Å². The Morgan fingerprint density at radius 1 is 0.706 bits per heavy atom. The highest BCUT2D eigenvalue weighted by Crippen LogP contribution is 2.41. The van der Waals surface area contributed by atoms with E-state index >= 15 is 0 Å². The van der Waals surface area contributed by atoms with Crippen LogP contribution in [0, 0.1) is 0 Å².